The summed E-state index contributed by atoms with van der Waals surface area (Å²) >= 11 is 1.33. The van der Waals surface area contributed by atoms with Crippen molar-refractivity contribution in [1.29, 1.82) is 0 Å². The minimum atomic E-state index is -1.24. The number of alkyl halides is 1. The van der Waals surface area contributed by atoms with Crippen molar-refractivity contribution in [3.05, 3.63) is 17.1 Å². The Morgan fingerprint density at radius 2 is 2.57 bits per heavy atom. The second kappa shape index (κ2) is 2.76. The van der Waals surface area contributed by atoms with Crippen LogP contribution < -0.4 is 5.32 Å². The van der Waals surface area contributed by atoms with E-state index in [9.17, 15) is 4.39 Å². The van der Waals surface area contributed by atoms with Crippen molar-refractivity contribution in [2.45, 2.75) is 25.1 Å². The maximum Gasteiger partial charge on any atom is 0.155 e. The predicted octanol–water partition coefficient (Wildman–Crippen LogP) is 1.94. The maximum absolute atomic E-state index is 14.5. The number of halogens is 1. The Balaban J connectivity index is 1.90. The molecule has 4 heteroatoms. The highest BCUT2D eigenvalue weighted by atomic mass is 32.1. The molecule has 4 unspecified atom stereocenters. The molecule has 4 rings (SSSR count). The Morgan fingerprint density at radius 3 is 3.07 bits per heavy atom. The summed E-state index contributed by atoms with van der Waals surface area (Å²) in [5.41, 5.74) is -0.622. The second-order valence-corrected chi connectivity index (χ2v) is 5.16. The molecule has 1 aliphatic carbocycles. The smallest absolute Gasteiger partial charge is 0.155 e. The van der Waals surface area contributed by atoms with E-state index in [1.165, 1.54) is 11.5 Å². The van der Waals surface area contributed by atoms with Crippen LogP contribution in [0.1, 0.15) is 19.0 Å². The molecule has 0 spiro atoms. The lowest BCUT2D eigenvalue weighted by atomic mass is 9.65. The molecule has 1 N–H and O–H groups in total. The highest BCUT2D eigenvalue weighted by Crippen LogP contribution is 2.51. The van der Waals surface area contributed by atoms with Gasteiger partial charge in [-0.25, -0.2) is 4.39 Å². The topological polar surface area (TPSA) is 24.9 Å². The van der Waals surface area contributed by atoms with Crippen LogP contribution >= 0.6 is 11.5 Å². The van der Waals surface area contributed by atoms with E-state index in [4.69, 9.17) is 0 Å². The Kier molecular flexibility index (Phi) is 1.74. The van der Waals surface area contributed by atoms with Crippen LogP contribution in [0.2, 0.25) is 0 Å². The third-order valence-electron chi connectivity index (χ3n) is 3.70. The molecule has 2 saturated heterocycles. The number of rotatable bonds is 2. The lowest BCUT2D eigenvalue weighted by Crippen LogP contribution is -2.47. The molecular weight excluding hydrogens is 199 g/mol. The van der Waals surface area contributed by atoms with E-state index < -0.39 is 5.67 Å². The first-order valence-electron chi connectivity index (χ1n) is 5.03. The fourth-order valence-corrected chi connectivity index (χ4v) is 3.53. The Labute approximate surface area is 86.7 Å². The summed E-state index contributed by atoms with van der Waals surface area (Å²) in [5.74, 6) is 0.668. The fraction of sp³-hybridized carbons (Fsp3) is 0.700. The van der Waals surface area contributed by atoms with Crippen LogP contribution in [0.15, 0.2) is 11.4 Å². The molecular formula is C10H13FN2S. The quantitative estimate of drug-likeness (QED) is 0.810. The van der Waals surface area contributed by atoms with Gasteiger partial charge in [0.25, 0.3) is 0 Å². The summed E-state index contributed by atoms with van der Waals surface area (Å²) < 4.78 is 18.7. The van der Waals surface area contributed by atoms with Gasteiger partial charge in [0, 0.05) is 17.3 Å². The fourth-order valence-electron chi connectivity index (χ4n) is 2.93. The van der Waals surface area contributed by atoms with Crippen LogP contribution in [0.4, 0.5) is 4.39 Å². The van der Waals surface area contributed by atoms with Gasteiger partial charge < -0.3 is 5.32 Å². The van der Waals surface area contributed by atoms with Gasteiger partial charge >= 0.3 is 0 Å². The third-order valence-corrected chi connectivity index (χ3v) is 4.26. The lowest BCUT2D eigenvalue weighted by molar-refractivity contribution is 0.00599. The average molecular weight is 212 g/mol. The van der Waals surface area contributed by atoms with Crippen molar-refractivity contribution in [3.8, 4) is 0 Å². The van der Waals surface area contributed by atoms with Gasteiger partial charge in [0.1, 0.15) is 0 Å². The summed E-state index contributed by atoms with van der Waals surface area (Å²) in [6.07, 6.45) is 1.15. The molecule has 3 aliphatic rings. The number of hydrogen-bond donors (Lipinski definition) is 1. The molecule has 4 atom stereocenters. The first-order chi connectivity index (χ1) is 6.69. The van der Waals surface area contributed by atoms with Gasteiger partial charge in [-0.05, 0) is 43.4 Å². The largest absolute Gasteiger partial charge is 0.313 e. The molecule has 1 aromatic rings. The molecule has 1 saturated carbocycles. The van der Waals surface area contributed by atoms with Crippen LogP contribution in [-0.2, 0) is 5.67 Å². The number of aromatic nitrogens is 1. The van der Waals surface area contributed by atoms with E-state index in [0.717, 1.165) is 13.0 Å². The molecule has 2 nitrogen and oxygen atoms in total. The minimum Gasteiger partial charge on any atom is -0.313 e. The monoisotopic (exact) mass is 212 g/mol. The van der Waals surface area contributed by atoms with Crippen molar-refractivity contribution >= 4 is 11.5 Å². The first kappa shape index (κ1) is 8.80. The van der Waals surface area contributed by atoms with E-state index in [-0.39, 0.29) is 5.92 Å². The summed E-state index contributed by atoms with van der Waals surface area (Å²) in [5, 5.41) is 5.20. The highest BCUT2D eigenvalue weighted by Gasteiger charge is 2.57. The van der Waals surface area contributed by atoms with Crippen LogP contribution in [-0.4, -0.2) is 17.0 Å². The molecule has 14 heavy (non-hydrogen) atoms. The first-order valence-corrected chi connectivity index (χ1v) is 5.86. The summed E-state index contributed by atoms with van der Waals surface area (Å²) in [6.45, 7) is 2.66. The van der Waals surface area contributed by atoms with Gasteiger partial charge in [-0.1, -0.05) is 0 Å². The molecule has 2 bridgehead atoms. The maximum atomic E-state index is 14.5. The summed E-state index contributed by atoms with van der Waals surface area (Å²) in [4.78, 5) is 0. The van der Waals surface area contributed by atoms with Crippen LogP contribution in [0.3, 0.4) is 0 Å². The normalized spacial score (nSPS) is 39.1. The Hall–Kier alpha value is -0.480. The molecule has 1 aromatic heterocycles. The zero-order chi connectivity index (χ0) is 9.76. The number of hydrogen-bond acceptors (Lipinski definition) is 3. The molecule has 3 heterocycles. The van der Waals surface area contributed by atoms with Crippen LogP contribution in [0.25, 0.3) is 0 Å². The SMILES string of the molecule is CC(F)(c1ccsn1)C1C2CNC1C2. The van der Waals surface area contributed by atoms with E-state index in [0.29, 0.717) is 17.7 Å². The third kappa shape index (κ3) is 1.01. The van der Waals surface area contributed by atoms with E-state index in [1.54, 1.807) is 6.92 Å². The van der Waals surface area contributed by atoms with Crippen molar-refractivity contribution in [1.82, 2.24) is 9.69 Å². The van der Waals surface area contributed by atoms with Crippen molar-refractivity contribution < 1.29 is 4.39 Å². The average Bonchev–Trinajstić information content (AvgIpc) is 2.81. The van der Waals surface area contributed by atoms with Crippen molar-refractivity contribution in [2.75, 3.05) is 6.54 Å². The zero-order valence-corrected chi connectivity index (χ0v) is 8.85. The Bertz CT molecular complexity index is 322. The van der Waals surface area contributed by atoms with E-state index in [1.807, 2.05) is 11.4 Å². The van der Waals surface area contributed by atoms with Gasteiger partial charge in [0.05, 0.1) is 5.69 Å². The lowest BCUT2D eigenvalue weighted by Gasteiger charge is -2.42. The Morgan fingerprint density at radius 1 is 1.71 bits per heavy atom. The molecule has 3 fully saturated rings. The highest BCUT2D eigenvalue weighted by molar-refractivity contribution is 7.03. The van der Waals surface area contributed by atoms with E-state index >= 15 is 0 Å². The number of fused-ring (bicyclic) bond motifs is 1. The minimum absolute atomic E-state index is 0.143. The van der Waals surface area contributed by atoms with E-state index in [2.05, 4.69) is 9.69 Å². The van der Waals surface area contributed by atoms with Crippen molar-refractivity contribution in [3.63, 3.8) is 0 Å². The van der Waals surface area contributed by atoms with Crippen molar-refractivity contribution in [2.24, 2.45) is 11.8 Å². The van der Waals surface area contributed by atoms with Gasteiger partial charge in [-0.3, -0.25) is 0 Å². The molecule has 2 aliphatic heterocycles. The van der Waals surface area contributed by atoms with Crippen LogP contribution in [0.5, 0.6) is 0 Å². The molecule has 0 aromatic carbocycles. The van der Waals surface area contributed by atoms with Gasteiger partial charge in [0.15, 0.2) is 5.67 Å². The van der Waals surface area contributed by atoms with Gasteiger partial charge in [0.2, 0.25) is 0 Å². The number of nitrogens with zero attached hydrogens (tertiary/aromatic N) is 1. The second-order valence-electron chi connectivity index (χ2n) is 4.50. The standard InChI is InChI=1S/C10H13FN2S/c1-10(11,8-2-3-14-13-8)9-6-4-7(9)12-5-6/h2-3,6-7,9,12H,4-5H2,1H3. The molecule has 0 amide bonds. The van der Waals surface area contributed by atoms with Gasteiger partial charge in [-0.15, -0.1) is 0 Å². The number of nitrogens with one attached hydrogen (secondary N) is 1. The zero-order valence-electron chi connectivity index (χ0n) is 8.03. The van der Waals surface area contributed by atoms with Gasteiger partial charge in [-0.2, -0.15) is 4.37 Å². The van der Waals surface area contributed by atoms with Crippen LogP contribution in [0, 0.1) is 11.8 Å². The molecule has 76 valence electrons. The summed E-state index contributed by atoms with van der Waals surface area (Å²) in [7, 11) is 0. The summed E-state index contributed by atoms with van der Waals surface area (Å²) in [6, 6.07) is 2.19. The molecule has 0 radical (unpaired) electrons. The predicted molar refractivity (Wildman–Crippen MR) is 54.0 cm³/mol.